The fraction of sp³-hybridized carbons (Fsp3) is 0.667. The number of anilines is 1. The molecule has 18 heavy (non-hydrogen) atoms. The van der Waals surface area contributed by atoms with Gasteiger partial charge in [0.05, 0.1) is 35.8 Å². The highest BCUT2D eigenvalue weighted by Gasteiger charge is 2.41. The second-order valence-corrected chi connectivity index (χ2v) is 5.07. The highest BCUT2D eigenvalue weighted by atomic mass is 16.3. The lowest BCUT2D eigenvalue weighted by Crippen LogP contribution is -2.63. The number of nitrogens with zero attached hydrogens (tertiary/aromatic N) is 3. The van der Waals surface area contributed by atoms with Gasteiger partial charge in [-0.15, -0.1) is 0 Å². The van der Waals surface area contributed by atoms with Crippen LogP contribution >= 0.6 is 0 Å². The summed E-state index contributed by atoms with van der Waals surface area (Å²) in [6, 6.07) is 0. The van der Waals surface area contributed by atoms with Crippen LogP contribution in [-0.4, -0.2) is 44.4 Å². The largest absolute Gasteiger partial charge is 0.396 e. The molecule has 1 fully saturated rings. The topological polar surface area (TPSA) is 84.4 Å². The van der Waals surface area contributed by atoms with Crippen molar-refractivity contribution in [2.45, 2.75) is 39.3 Å². The summed E-state index contributed by atoms with van der Waals surface area (Å²) in [4.78, 5) is 13.6. The number of aromatic nitrogens is 2. The van der Waals surface area contributed by atoms with E-state index in [9.17, 15) is 9.90 Å². The SMILES string of the molecule is CCC1(O)CN(C(=O)Cn2nc(C)c(N)c2C)C1. The Morgan fingerprint density at radius 2 is 2.11 bits per heavy atom. The van der Waals surface area contributed by atoms with Crippen LogP contribution in [0.2, 0.25) is 0 Å². The molecule has 0 atom stereocenters. The van der Waals surface area contributed by atoms with Gasteiger partial charge >= 0.3 is 0 Å². The van der Waals surface area contributed by atoms with Gasteiger partial charge in [-0.3, -0.25) is 9.48 Å². The average molecular weight is 252 g/mol. The number of β-amino-alcohol motifs (C(OH)–C–C–N with tert-alkyl or cyclic N) is 1. The van der Waals surface area contributed by atoms with Crippen molar-refractivity contribution in [2.24, 2.45) is 0 Å². The molecule has 1 aliphatic rings. The first kappa shape index (κ1) is 12.9. The number of nitrogen functional groups attached to an aromatic ring is 1. The first-order valence-corrected chi connectivity index (χ1v) is 6.16. The molecule has 6 heteroatoms. The molecule has 0 radical (unpaired) electrons. The molecule has 1 aliphatic heterocycles. The highest BCUT2D eigenvalue weighted by Crippen LogP contribution is 2.24. The van der Waals surface area contributed by atoms with Crippen LogP contribution in [0.15, 0.2) is 0 Å². The minimum Gasteiger partial charge on any atom is -0.396 e. The van der Waals surface area contributed by atoms with Crippen molar-refractivity contribution >= 4 is 11.6 Å². The van der Waals surface area contributed by atoms with Crippen LogP contribution in [0.5, 0.6) is 0 Å². The number of aliphatic hydroxyl groups is 1. The first-order chi connectivity index (χ1) is 8.36. The predicted octanol–water partition coefficient (Wildman–Crippen LogP) is 0.0654. The summed E-state index contributed by atoms with van der Waals surface area (Å²) in [5, 5.41) is 14.1. The molecule has 0 unspecified atom stereocenters. The van der Waals surface area contributed by atoms with E-state index in [2.05, 4.69) is 5.10 Å². The van der Waals surface area contributed by atoms with Crippen LogP contribution < -0.4 is 5.73 Å². The number of hydrogen-bond donors (Lipinski definition) is 2. The number of amides is 1. The van der Waals surface area contributed by atoms with Gasteiger partial charge < -0.3 is 15.7 Å². The molecule has 1 aromatic heterocycles. The number of likely N-dealkylation sites (tertiary alicyclic amines) is 1. The van der Waals surface area contributed by atoms with Gasteiger partial charge in [0.2, 0.25) is 5.91 Å². The minimum atomic E-state index is -0.691. The van der Waals surface area contributed by atoms with Gasteiger partial charge in [0.15, 0.2) is 0 Å². The standard InChI is InChI=1S/C12H20N4O2/c1-4-12(18)6-15(7-12)10(17)5-16-9(3)11(13)8(2)14-16/h18H,4-7,13H2,1-3H3. The second-order valence-electron chi connectivity index (χ2n) is 5.07. The normalized spacial score (nSPS) is 17.7. The Hall–Kier alpha value is -1.56. The average Bonchev–Trinajstić information content (AvgIpc) is 2.53. The first-order valence-electron chi connectivity index (χ1n) is 6.16. The van der Waals surface area contributed by atoms with E-state index in [4.69, 9.17) is 5.73 Å². The maximum atomic E-state index is 12.0. The predicted molar refractivity (Wildman–Crippen MR) is 67.9 cm³/mol. The number of rotatable bonds is 3. The fourth-order valence-electron chi connectivity index (χ4n) is 2.16. The minimum absolute atomic E-state index is 0.0290. The fourth-order valence-corrected chi connectivity index (χ4v) is 2.16. The quantitative estimate of drug-likeness (QED) is 0.797. The summed E-state index contributed by atoms with van der Waals surface area (Å²) < 4.78 is 1.62. The molecule has 1 aromatic rings. The molecule has 0 spiro atoms. The summed E-state index contributed by atoms with van der Waals surface area (Å²) >= 11 is 0. The summed E-state index contributed by atoms with van der Waals surface area (Å²) in [7, 11) is 0. The Bertz CT molecular complexity index is 475. The monoisotopic (exact) mass is 252 g/mol. The molecule has 1 saturated heterocycles. The molecule has 0 saturated carbocycles. The number of hydrogen-bond acceptors (Lipinski definition) is 4. The van der Waals surface area contributed by atoms with Gasteiger partial charge in [-0.1, -0.05) is 6.92 Å². The summed E-state index contributed by atoms with van der Waals surface area (Å²) in [5.74, 6) is -0.0290. The van der Waals surface area contributed by atoms with Gasteiger partial charge in [0.25, 0.3) is 0 Å². The van der Waals surface area contributed by atoms with Crippen LogP contribution in [0.3, 0.4) is 0 Å². The lowest BCUT2D eigenvalue weighted by molar-refractivity contribution is -0.156. The molecule has 0 bridgehead atoms. The molecular weight excluding hydrogens is 232 g/mol. The smallest absolute Gasteiger partial charge is 0.244 e. The van der Waals surface area contributed by atoms with Gasteiger partial charge in [-0.05, 0) is 20.3 Å². The maximum absolute atomic E-state index is 12.0. The van der Waals surface area contributed by atoms with Crippen LogP contribution in [0.1, 0.15) is 24.7 Å². The zero-order valence-corrected chi connectivity index (χ0v) is 11.1. The molecular formula is C12H20N4O2. The Morgan fingerprint density at radius 1 is 1.50 bits per heavy atom. The van der Waals surface area contributed by atoms with Gasteiger partial charge in [-0.25, -0.2) is 0 Å². The van der Waals surface area contributed by atoms with Crippen molar-refractivity contribution in [2.75, 3.05) is 18.8 Å². The zero-order valence-electron chi connectivity index (χ0n) is 11.1. The maximum Gasteiger partial charge on any atom is 0.244 e. The van der Waals surface area contributed by atoms with Gasteiger partial charge in [-0.2, -0.15) is 5.10 Å². The number of carbonyl (C=O) groups is 1. The van der Waals surface area contributed by atoms with E-state index in [0.717, 1.165) is 11.4 Å². The van der Waals surface area contributed by atoms with Crippen LogP contribution in [-0.2, 0) is 11.3 Å². The zero-order chi connectivity index (χ0) is 13.5. The number of nitrogens with two attached hydrogens (primary N) is 1. The summed E-state index contributed by atoms with van der Waals surface area (Å²) in [6.45, 7) is 6.60. The van der Waals surface area contributed by atoms with E-state index in [1.807, 2.05) is 20.8 Å². The van der Waals surface area contributed by atoms with E-state index in [-0.39, 0.29) is 12.5 Å². The van der Waals surface area contributed by atoms with E-state index in [1.165, 1.54) is 0 Å². The van der Waals surface area contributed by atoms with Crippen molar-refractivity contribution in [1.29, 1.82) is 0 Å². The Kier molecular flexibility index (Phi) is 3.06. The van der Waals surface area contributed by atoms with Crippen molar-refractivity contribution < 1.29 is 9.90 Å². The Morgan fingerprint density at radius 3 is 2.56 bits per heavy atom. The van der Waals surface area contributed by atoms with Crippen molar-refractivity contribution in [3.63, 3.8) is 0 Å². The van der Waals surface area contributed by atoms with E-state index in [1.54, 1.807) is 9.58 Å². The molecule has 3 N–H and O–H groups in total. The second kappa shape index (κ2) is 4.28. The summed E-state index contributed by atoms with van der Waals surface area (Å²) in [6.07, 6.45) is 0.670. The van der Waals surface area contributed by atoms with Crippen LogP contribution in [0.25, 0.3) is 0 Å². The third-order valence-corrected chi connectivity index (χ3v) is 3.70. The van der Waals surface area contributed by atoms with Crippen LogP contribution in [0.4, 0.5) is 5.69 Å². The molecule has 1 amide bonds. The van der Waals surface area contributed by atoms with E-state index in [0.29, 0.717) is 25.2 Å². The summed E-state index contributed by atoms with van der Waals surface area (Å²) in [5.41, 5.74) is 7.32. The van der Waals surface area contributed by atoms with Gasteiger partial charge in [0, 0.05) is 0 Å². The lowest BCUT2D eigenvalue weighted by Gasteiger charge is -2.46. The molecule has 2 heterocycles. The molecule has 0 aliphatic carbocycles. The van der Waals surface area contributed by atoms with Crippen molar-refractivity contribution in [1.82, 2.24) is 14.7 Å². The number of aryl methyl sites for hydroxylation is 1. The third kappa shape index (κ3) is 2.08. The highest BCUT2D eigenvalue weighted by molar-refractivity contribution is 5.77. The molecule has 6 nitrogen and oxygen atoms in total. The number of carbonyl (C=O) groups excluding carboxylic acids is 1. The molecule has 0 aromatic carbocycles. The van der Waals surface area contributed by atoms with Crippen LogP contribution in [0, 0.1) is 13.8 Å². The van der Waals surface area contributed by atoms with E-state index < -0.39 is 5.60 Å². The lowest BCUT2D eigenvalue weighted by atomic mass is 9.91. The molecule has 100 valence electrons. The van der Waals surface area contributed by atoms with Crippen molar-refractivity contribution in [3.05, 3.63) is 11.4 Å². The van der Waals surface area contributed by atoms with Gasteiger partial charge in [0.1, 0.15) is 6.54 Å². The Labute approximate surface area is 106 Å². The third-order valence-electron chi connectivity index (χ3n) is 3.70. The molecule has 2 rings (SSSR count). The van der Waals surface area contributed by atoms with E-state index >= 15 is 0 Å². The Balaban J connectivity index is 1.99. The van der Waals surface area contributed by atoms with Crippen molar-refractivity contribution in [3.8, 4) is 0 Å².